The molecule has 2 N–H and O–H groups in total. The maximum atomic E-state index is 12.5. The number of amides is 3. The molecular weight excluding hydrogens is 342 g/mol. The molecule has 27 heavy (non-hydrogen) atoms. The van der Waals surface area contributed by atoms with E-state index in [1.165, 1.54) is 6.42 Å². The fourth-order valence-electron chi connectivity index (χ4n) is 4.07. The van der Waals surface area contributed by atoms with E-state index in [-0.39, 0.29) is 11.9 Å². The maximum Gasteiger partial charge on any atom is 0.317 e. The fourth-order valence-corrected chi connectivity index (χ4v) is 4.07. The molecule has 0 radical (unpaired) electrons. The number of nitrogens with one attached hydrogen (secondary N) is 2. The number of hydrogen-bond acceptors (Lipinski definition) is 3. The summed E-state index contributed by atoms with van der Waals surface area (Å²) < 4.78 is 5.93. The van der Waals surface area contributed by atoms with Gasteiger partial charge in [0.2, 0.25) is 0 Å². The highest BCUT2D eigenvalue weighted by Crippen LogP contribution is 2.27. The molecule has 2 unspecified atom stereocenters. The second-order valence-corrected chi connectivity index (χ2v) is 7.51. The van der Waals surface area contributed by atoms with Crippen LogP contribution in [0.1, 0.15) is 48.0 Å². The highest BCUT2D eigenvalue weighted by Gasteiger charge is 2.30. The second-order valence-electron chi connectivity index (χ2n) is 7.51. The van der Waals surface area contributed by atoms with Crippen molar-refractivity contribution in [2.45, 2.75) is 44.6 Å². The van der Waals surface area contributed by atoms with Gasteiger partial charge < -0.3 is 20.3 Å². The maximum absolute atomic E-state index is 12.5. The predicted molar refractivity (Wildman–Crippen MR) is 105 cm³/mol. The molecule has 2 fully saturated rings. The molecule has 0 bridgehead atoms. The molecule has 0 aromatic heterocycles. The number of nitrogens with zero attached hydrogens (tertiary/aromatic N) is 1. The van der Waals surface area contributed by atoms with Gasteiger partial charge in [-0.25, -0.2) is 4.79 Å². The second kappa shape index (κ2) is 9.74. The molecule has 148 valence electrons. The number of rotatable bonds is 5. The third kappa shape index (κ3) is 5.45. The molecule has 2 saturated heterocycles. The van der Waals surface area contributed by atoms with Crippen LogP contribution in [0.5, 0.6) is 0 Å². The van der Waals surface area contributed by atoms with Crippen LogP contribution in [0.15, 0.2) is 24.3 Å². The Labute approximate surface area is 161 Å². The van der Waals surface area contributed by atoms with Crippen molar-refractivity contribution in [3.8, 4) is 0 Å². The largest absolute Gasteiger partial charge is 0.378 e. The minimum atomic E-state index is -0.0924. The molecule has 1 aromatic rings. The van der Waals surface area contributed by atoms with Crippen LogP contribution in [0, 0.1) is 5.92 Å². The molecule has 6 heteroatoms. The van der Waals surface area contributed by atoms with Gasteiger partial charge in [-0.1, -0.05) is 12.1 Å². The van der Waals surface area contributed by atoms with Gasteiger partial charge in [-0.05, 0) is 56.2 Å². The zero-order chi connectivity index (χ0) is 19.1. The van der Waals surface area contributed by atoms with Crippen LogP contribution in [0.4, 0.5) is 4.79 Å². The fraction of sp³-hybridized carbons (Fsp3) is 0.619. The molecule has 2 aliphatic heterocycles. The van der Waals surface area contributed by atoms with Crippen molar-refractivity contribution < 1.29 is 14.3 Å². The van der Waals surface area contributed by atoms with Crippen LogP contribution < -0.4 is 10.6 Å². The van der Waals surface area contributed by atoms with Crippen LogP contribution in [0.3, 0.4) is 0 Å². The van der Waals surface area contributed by atoms with Crippen molar-refractivity contribution >= 4 is 11.9 Å². The van der Waals surface area contributed by atoms with Crippen molar-refractivity contribution in [2.75, 3.05) is 33.3 Å². The summed E-state index contributed by atoms with van der Waals surface area (Å²) in [5, 5.41) is 5.66. The van der Waals surface area contributed by atoms with Crippen molar-refractivity contribution in [2.24, 2.45) is 5.92 Å². The monoisotopic (exact) mass is 373 g/mol. The Bertz CT molecular complexity index is 643. The Morgan fingerprint density at radius 2 is 2.11 bits per heavy atom. The first-order valence-electron chi connectivity index (χ1n) is 10.1. The number of piperidine rings is 1. The Kier molecular flexibility index (Phi) is 7.10. The SMILES string of the molecule is CNC(=O)c1cccc(CCNC(=O)N2CCCC(C3CCCCO3)C2)c1. The third-order valence-corrected chi connectivity index (χ3v) is 5.59. The highest BCUT2D eigenvalue weighted by molar-refractivity contribution is 5.94. The lowest BCUT2D eigenvalue weighted by molar-refractivity contribution is -0.0365. The Hall–Kier alpha value is -2.08. The van der Waals surface area contributed by atoms with E-state index in [9.17, 15) is 9.59 Å². The van der Waals surface area contributed by atoms with Crippen molar-refractivity contribution in [1.29, 1.82) is 0 Å². The predicted octanol–water partition coefficient (Wildman–Crippen LogP) is 2.58. The number of urea groups is 1. The van der Waals surface area contributed by atoms with E-state index in [2.05, 4.69) is 10.6 Å². The lowest BCUT2D eigenvalue weighted by Crippen LogP contribution is -2.48. The minimum absolute atomic E-state index is 0.0120. The van der Waals surface area contributed by atoms with E-state index in [0.29, 0.717) is 30.6 Å². The van der Waals surface area contributed by atoms with Crippen molar-refractivity contribution in [3.05, 3.63) is 35.4 Å². The number of hydrogen-bond donors (Lipinski definition) is 2. The average molecular weight is 373 g/mol. The van der Waals surface area contributed by atoms with E-state index in [1.54, 1.807) is 13.1 Å². The van der Waals surface area contributed by atoms with Gasteiger partial charge in [0.1, 0.15) is 0 Å². The molecule has 2 aliphatic rings. The van der Waals surface area contributed by atoms with Gasteiger partial charge in [0.05, 0.1) is 6.10 Å². The number of carbonyl (C=O) groups excluding carboxylic acids is 2. The molecule has 6 nitrogen and oxygen atoms in total. The van der Waals surface area contributed by atoms with Crippen molar-refractivity contribution in [1.82, 2.24) is 15.5 Å². The lowest BCUT2D eigenvalue weighted by Gasteiger charge is -2.38. The first kappa shape index (κ1) is 19.7. The lowest BCUT2D eigenvalue weighted by atomic mass is 9.88. The summed E-state index contributed by atoms with van der Waals surface area (Å²) in [7, 11) is 1.62. The number of benzene rings is 1. The summed E-state index contributed by atoms with van der Waals surface area (Å²) in [6, 6.07) is 7.54. The van der Waals surface area contributed by atoms with Gasteiger partial charge in [-0.15, -0.1) is 0 Å². The smallest absolute Gasteiger partial charge is 0.317 e. The quantitative estimate of drug-likeness (QED) is 0.833. The average Bonchev–Trinajstić information content (AvgIpc) is 2.74. The standard InChI is InChI=1S/C21H31N3O3/c1-22-20(25)17-7-4-6-16(14-17)10-11-23-21(26)24-12-5-8-18(15-24)19-9-2-3-13-27-19/h4,6-7,14,18-19H,2-3,5,8-13,15H2,1H3,(H,22,25)(H,23,26). The van der Waals surface area contributed by atoms with Gasteiger partial charge in [-0.3, -0.25) is 4.79 Å². The zero-order valence-corrected chi connectivity index (χ0v) is 16.2. The molecule has 3 rings (SSSR count). The molecule has 2 atom stereocenters. The molecule has 1 aromatic carbocycles. The van der Waals surface area contributed by atoms with E-state index in [1.807, 2.05) is 23.1 Å². The van der Waals surface area contributed by atoms with Gasteiger partial charge >= 0.3 is 6.03 Å². The van der Waals surface area contributed by atoms with Gasteiger partial charge in [0.25, 0.3) is 5.91 Å². The summed E-state index contributed by atoms with van der Waals surface area (Å²) in [5.41, 5.74) is 1.69. The molecule has 2 heterocycles. The van der Waals surface area contributed by atoms with Gasteiger partial charge in [0.15, 0.2) is 0 Å². The first-order chi connectivity index (χ1) is 13.2. The van der Waals surface area contributed by atoms with Crippen LogP contribution in [-0.2, 0) is 11.2 Å². The van der Waals surface area contributed by atoms with Gasteiger partial charge in [-0.2, -0.15) is 0 Å². The van der Waals surface area contributed by atoms with Crippen LogP contribution in [0.25, 0.3) is 0 Å². The first-order valence-corrected chi connectivity index (χ1v) is 10.1. The number of ether oxygens (including phenoxy) is 1. The van der Waals surface area contributed by atoms with Crippen LogP contribution >= 0.6 is 0 Å². The highest BCUT2D eigenvalue weighted by atomic mass is 16.5. The van der Waals surface area contributed by atoms with Crippen LogP contribution in [0.2, 0.25) is 0 Å². The van der Waals surface area contributed by atoms with Gasteiger partial charge in [0, 0.05) is 44.8 Å². The minimum Gasteiger partial charge on any atom is -0.378 e. The number of carbonyl (C=O) groups is 2. The molecule has 3 amide bonds. The summed E-state index contributed by atoms with van der Waals surface area (Å²) >= 11 is 0. The molecule has 0 saturated carbocycles. The third-order valence-electron chi connectivity index (χ3n) is 5.59. The normalized spacial score (nSPS) is 22.9. The molecule has 0 aliphatic carbocycles. The van der Waals surface area contributed by atoms with E-state index in [4.69, 9.17) is 4.74 Å². The van der Waals surface area contributed by atoms with E-state index < -0.39 is 0 Å². The summed E-state index contributed by atoms with van der Waals surface area (Å²) in [4.78, 5) is 26.2. The topological polar surface area (TPSA) is 70.7 Å². The Balaban J connectivity index is 1.45. The zero-order valence-electron chi connectivity index (χ0n) is 16.2. The van der Waals surface area contributed by atoms with E-state index >= 15 is 0 Å². The summed E-state index contributed by atoms with van der Waals surface area (Å²) in [5.74, 6) is 0.374. The summed E-state index contributed by atoms with van der Waals surface area (Å²) in [6.45, 7) is 3.05. The Morgan fingerprint density at radius 3 is 2.89 bits per heavy atom. The van der Waals surface area contributed by atoms with Crippen molar-refractivity contribution in [3.63, 3.8) is 0 Å². The van der Waals surface area contributed by atoms with E-state index in [0.717, 1.165) is 50.9 Å². The molecular formula is C21H31N3O3. The summed E-state index contributed by atoms with van der Waals surface area (Å²) in [6.07, 6.45) is 6.76. The molecule has 0 spiro atoms. The van der Waals surface area contributed by atoms with Crippen LogP contribution in [-0.4, -0.2) is 56.2 Å². The Morgan fingerprint density at radius 1 is 1.22 bits per heavy atom. The number of likely N-dealkylation sites (tertiary alicyclic amines) is 1.